The molecule has 4 nitrogen and oxygen atoms in total. The zero-order valence-electron chi connectivity index (χ0n) is 11.1. The second-order valence-electron chi connectivity index (χ2n) is 4.44. The molecule has 0 unspecified atom stereocenters. The van der Waals surface area contributed by atoms with E-state index in [1.165, 1.54) is 0 Å². The molecule has 0 saturated heterocycles. The lowest BCUT2D eigenvalue weighted by Crippen LogP contribution is -2.23. The Bertz CT molecular complexity index is 520. The molecule has 100 valence electrons. The van der Waals surface area contributed by atoms with Gasteiger partial charge >= 0.3 is 0 Å². The van der Waals surface area contributed by atoms with Crippen molar-refractivity contribution in [3.63, 3.8) is 0 Å². The number of carbonyl (C=O) groups excluding carboxylic acids is 1. The van der Waals surface area contributed by atoms with Gasteiger partial charge in [0.15, 0.2) is 0 Å². The predicted molar refractivity (Wildman–Crippen MR) is 78.3 cm³/mol. The highest BCUT2D eigenvalue weighted by Gasteiger charge is 2.05. The summed E-state index contributed by atoms with van der Waals surface area (Å²) in [6.07, 6.45) is 2.25. The molecule has 2 rings (SSSR count). The number of likely N-dealkylation sites (N-methyl/N-ethyl adjacent to an activating group) is 1. The van der Waals surface area contributed by atoms with Crippen molar-refractivity contribution in [3.05, 3.63) is 46.4 Å². The molecule has 0 atom stereocenters. The van der Waals surface area contributed by atoms with E-state index >= 15 is 0 Å². The summed E-state index contributed by atoms with van der Waals surface area (Å²) < 4.78 is 0. The second-order valence-corrected chi connectivity index (χ2v) is 5.42. The number of nitrogens with zero attached hydrogens (tertiary/aromatic N) is 2. The largest absolute Gasteiger partial charge is 0.379 e. The Morgan fingerprint density at radius 3 is 2.63 bits per heavy atom. The van der Waals surface area contributed by atoms with Gasteiger partial charge in [0.2, 0.25) is 5.91 Å². The highest BCUT2D eigenvalue weighted by Crippen LogP contribution is 2.13. The van der Waals surface area contributed by atoms with Gasteiger partial charge in [-0.05, 0) is 17.7 Å². The molecule has 0 aliphatic heterocycles. The van der Waals surface area contributed by atoms with E-state index in [0.29, 0.717) is 6.42 Å². The number of rotatable bonds is 5. The van der Waals surface area contributed by atoms with Crippen molar-refractivity contribution in [1.29, 1.82) is 0 Å². The second kappa shape index (κ2) is 6.33. The van der Waals surface area contributed by atoms with Gasteiger partial charge in [-0.1, -0.05) is 12.1 Å². The van der Waals surface area contributed by atoms with Crippen LogP contribution < -0.4 is 5.32 Å². The molecule has 0 saturated carbocycles. The van der Waals surface area contributed by atoms with E-state index in [1.54, 1.807) is 36.5 Å². The Morgan fingerprint density at radius 1 is 1.32 bits per heavy atom. The molecule has 1 aromatic heterocycles. The van der Waals surface area contributed by atoms with Crippen LogP contribution in [0.25, 0.3) is 0 Å². The van der Waals surface area contributed by atoms with Crippen molar-refractivity contribution in [2.45, 2.75) is 13.0 Å². The third-order valence-corrected chi connectivity index (χ3v) is 3.51. The molecule has 0 aliphatic rings. The van der Waals surface area contributed by atoms with Crippen LogP contribution >= 0.6 is 11.3 Å². The number of anilines is 1. The fourth-order valence-corrected chi connectivity index (χ4v) is 2.15. The minimum atomic E-state index is 0.114. The molecule has 1 heterocycles. The summed E-state index contributed by atoms with van der Waals surface area (Å²) in [7, 11) is 3.54. The van der Waals surface area contributed by atoms with Crippen LogP contribution in [-0.4, -0.2) is 29.9 Å². The van der Waals surface area contributed by atoms with Crippen molar-refractivity contribution in [3.8, 4) is 0 Å². The molecule has 1 amide bonds. The Hall–Kier alpha value is -1.88. The topological polar surface area (TPSA) is 45.2 Å². The molecule has 2 aromatic rings. The maximum atomic E-state index is 11.6. The number of nitrogens with one attached hydrogen (secondary N) is 1. The first-order chi connectivity index (χ1) is 9.15. The molecule has 5 heteroatoms. The summed E-state index contributed by atoms with van der Waals surface area (Å²) in [6, 6.07) is 7.94. The Balaban J connectivity index is 1.89. The Kier molecular flexibility index (Phi) is 4.52. The van der Waals surface area contributed by atoms with Crippen LogP contribution in [0.1, 0.15) is 10.6 Å². The molecule has 19 heavy (non-hydrogen) atoms. The van der Waals surface area contributed by atoms with Crippen molar-refractivity contribution < 1.29 is 4.79 Å². The first-order valence-corrected chi connectivity index (χ1v) is 6.94. The summed E-state index contributed by atoms with van der Waals surface area (Å²) in [5, 5.41) is 6.33. The molecule has 1 aromatic carbocycles. The number of amides is 1. The van der Waals surface area contributed by atoms with E-state index in [0.717, 1.165) is 22.8 Å². The molecule has 0 bridgehead atoms. The fraction of sp³-hybridized carbons (Fsp3) is 0.286. The number of carbonyl (C=O) groups is 1. The van der Waals surface area contributed by atoms with E-state index < -0.39 is 0 Å². The first kappa shape index (κ1) is 13.5. The summed E-state index contributed by atoms with van der Waals surface area (Å²) in [4.78, 5) is 17.4. The molecule has 0 radical (unpaired) electrons. The van der Waals surface area contributed by atoms with E-state index in [-0.39, 0.29) is 5.91 Å². The average Bonchev–Trinajstić information content (AvgIpc) is 2.91. The highest BCUT2D eigenvalue weighted by atomic mass is 32.1. The smallest absolute Gasteiger partial charge is 0.226 e. The van der Waals surface area contributed by atoms with Gasteiger partial charge in [-0.3, -0.25) is 4.79 Å². The normalized spacial score (nSPS) is 10.2. The Labute approximate surface area is 117 Å². The van der Waals surface area contributed by atoms with E-state index in [9.17, 15) is 4.79 Å². The third-order valence-electron chi connectivity index (χ3n) is 2.74. The van der Waals surface area contributed by atoms with Gasteiger partial charge in [0, 0.05) is 31.4 Å². The molecule has 0 aliphatic carbocycles. The standard InChI is InChI=1S/C14H17N3OS/c1-17(2)14(18)9-11-3-5-12(6-4-11)16-10-13-15-7-8-19-13/h3-8,16H,9-10H2,1-2H3. The van der Waals surface area contributed by atoms with Crippen LogP contribution in [0.5, 0.6) is 0 Å². The van der Waals surface area contributed by atoms with Crippen LogP contribution in [0.3, 0.4) is 0 Å². The lowest BCUT2D eigenvalue weighted by atomic mass is 10.1. The van der Waals surface area contributed by atoms with E-state index in [1.807, 2.05) is 29.6 Å². The van der Waals surface area contributed by atoms with Gasteiger partial charge in [0.1, 0.15) is 5.01 Å². The van der Waals surface area contributed by atoms with Crippen molar-refractivity contribution in [2.75, 3.05) is 19.4 Å². The van der Waals surface area contributed by atoms with E-state index in [4.69, 9.17) is 0 Å². The molecule has 0 spiro atoms. The summed E-state index contributed by atoms with van der Waals surface area (Å²) in [5.74, 6) is 0.114. The van der Waals surface area contributed by atoms with Crippen molar-refractivity contribution in [1.82, 2.24) is 9.88 Å². The van der Waals surface area contributed by atoms with Crippen molar-refractivity contribution in [2.24, 2.45) is 0 Å². The monoisotopic (exact) mass is 275 g/mol. The van der Waals surface area contributed by atoms with Crippen LogP contribution in [-0.2, 0) is 17.8 Å². The summed E-state index contributed by atoms with van der Waals surface area (Å²) >= 11 is 1.63. The minimum absolute atomic E-state index is 0.114. The van der Waals surface area contributed by atoms with Crippen LogP contribution in [0, 0.1) is 0 Å². The van der Waals surface area contributed by atoms with Gasteiger partial charge in [-0.15, -0.1) is 11.3 Å². The van der Waals surface area contributed by atoms with Gasteiger partial charge in [-0.2, -0.15) is 0 Å². The summed E-state index contributed by atoms with van der Waals surface area (Å²) in [5.41, 5.74) is 2.06. The average molecular weight is 275 g/mol. The van der Waals surface area contributed by atoms with Gasteiger partial charge < -0.3 is 10.2 Å². The van der Waals surface area contributed by atoms with Gasteiger partial charge in [0.05, 0.1) is 13.0 Å². The number of hydrogen-bond donors (Lipinski definition) is 1. The Morgan fingerprint density at radius 2 is 2.05 bits per heavy atom. The summed E-state index contributed by atoms with van der Waals surface area (Å²) in [6.45, 7) is 0.730. The maximum Gasteiger partial charge on any atom is 0.226 e. The quantitative estimate of drug-likeness (QED) is 0.911. The molecule has 1 N–H and O–H groups in total. The minimum Gasteiger partial charge on any atom is -0.379 e. The SMILES string of the molecule is CN(C)C(=O)Cc1ccc(NCc2nccs2)cc1. The number of aromatic nitrogens is 1. The zero-order valence-corrected chi connectivity index (χ0v) is 11.9. The maximum absolute atomic E-state index is 11.6. The van der Waals surface area contributed by atoms with Gasteiger partial charge in [0.25, 0.3) is 0 Å². The number of thiazole rings is 1. The van der Waals surface area contributed by atoms with Gasteiger partial charge in [-0.25, -0.2) is 4.98 Å². The van der Waals surface area contributed by atoms with Crippen LogP contribution in [0.15, 0.2) is 35.8 Å². The molecule has 0 fully saturated rings. The van der Waals surface area contributed by atoms with Crippen LogP contribution in [0.4, 0.5) is 5.69 Å². The van der Waals surface area contributed by atoms with Crippen molar-refractivity contribution >= 4 is 22.9 Å². The van der Waals surface area contributed by atoms with E-state index in [2.05, 4.69) is 10.3 Å². The molecular formula is C14H17N3OS. The lowest BCUT2D eigenvalue weighted by Gasteiger charge is -2.10. The predicted octanol–water partition coefficient (Wildman–Crippen LogP) is 2.39. The molecular weight excluding hydrogens is 258 g/mol. The lowest BCUT2D eigenvalue weighted by molar-refractivity contribution is -0.127. The third kappa shape index (κ3) is 4.06. The highest BCUT2D eigenvalue weighted by molar-refractivity contribution is 7.09. The number of benzene rings is 1. The zero-order chi connectivity index (χ0) is 13.7. The fourth-order valence-electron chi connectivity index (χ4n) is 1.59. The van der Waals surface area contributed by atoms with Crippen LogP contribution in [0.2, 0.25) is 0 Å². The number of hydrogen-bond acceptors (Lipinski definition) is 4. The first-order valence-electron chi connectivity index (χ1n) is 6.06.